The molecule has 23 nitrogen and oxygen atoms in total. The van der Waals surface area contributed by atoms with Gasteiger partial charge in [-0.15, -0.1) is 0 Å². The lowest BCUT2D eigenvalue weighted by atomic mass is 9.92. The van der Waals surface area contributed by atoms with E-state index in [1.165, 1.54) is 12.1 Å². The van der Waals surface area contributed by atoms with Gasteiger partial charge in [0.15, 0.2) is 69.7 Å². The quantitative estimate of drug-likeness (QED) is 0.0661. The van der Waals surface area contributed by atoms with E-state index in [1.54, 1.807) is 0 Å². The molecule has 13 N–H and O–H groups in total. The molecular formula is C40H30O23. The van der Waals surface area contributed by atoms with Crippen LogP contribution in [-0.4, -0.2) is 128 Å². The molecule has 63 heavy (non-hydrogen) atoms. The zero-order chi connectivity index (χ0) is 45.8. The molecule has 0 radical (unpaired) electrons. The first-order valence-electron chi connectivity index (χ1n) is 17.7. The number of cyclic esters (lactones) is 1. The number of rotatable bonds is 6. The normalized spacial score (nSPS) is 19.5. The average Bonchev–Trinajstić information content (AvgIpc) is 3.25. The van der Waals surface area contributed by atoms with Crippen molar-refractivity contribution in [3.8, 4) is 91.6 Å². The SMILES string of the molecule is O=C(O[C@@H]1[C@@H](OC(=O)c2cc(O)c(O)c(O)c2)[C@H](Oc2ccc(O)cc2)O[C@@H]2COC(=O)c3cc(O)c(O)c(O)c3-c3c(cc(O)c(O)c3O)C(=O)O[C@@H]12)c1cc(O)c(O)c(O)c1. The molecule has 328 valence electrons. The summed E-state index contributed by atoms with van der Waals surface area (Å²) in [5.41, 5.74) is -5.26. The molecule has 5 aromatic rings. The van der Waals surface area contributed by atoms with Crippen LogP contribution in [0.5, 0.6) is 80.5 Å². The largest absolute Gasteiger partial charge is 0.508 e. The van der Waals surface area contributed by atoms with Gasteiger partial charge in [0.05, 0.1) is 22.3 Å². The smallest absolute Gasteiger partial charge is 0.339 e. The van der Waals surface area contributed by atoms with E-state index in [4.69, 9.17) is 28.4 Å². The summed E-state index contributed by atoms with van der Waals surface area (Å²) in [6.07, 6.45) is -10.8. The Balaban J connectivity index is 1.43. The molecule has 5 aromatic carbocycles. The van der Waals surface area contributed by atoms with Crippen molar-refractivity contribution < 1.29 is 114 Å². The maximum absolute atomic E-state index is 14.4. The summed E-state index contributed by atoms with van der Waals surface area (Å²) in [5.74, 6) is -20.6. The molecule has 2 aliphatic rings. The van der Waals surface area contributed by atoms with Gasteiger partial charge in [-0.2, -0.15) is 0 Å². The summed E-state index contributed by atoms with van der Waals surface area (Å²) in [6.45, 7) is -1.08. The molecule has 0 amide bonds. The third kappa shape index (κ3) is 7.72. The number of carbonyl (C=O) groups excluding carboxylic acids is 4. The van der Waals surface area contributed by atoms with Crippen LogP contribution >= 0.6 is 0 Å². The van der Waals surface area contributed by atoms with Gasteiger partial charge in [-0.3, -0.25) is 0 Å². The highest BCUT2D eigenvalue weighted by Crippen LogP contribution is 2.53. The summed E-state index contributed by atoms with van der Waals surface area (Å²) in [5, 5.41) is 134. The van der Waals surface area contributed by atoms with E-state index in [0.717, 1.165) is 12.1 Å². The fourth-order valence-corrected chi connectivity index (χ4v) is 6.54. The number of phenolic OH excluding ortho intramolecular Hbond substituents is 13. The van der Waals surface area contributed by atoms with E-state index >= 15 is 0 Å². The molecule has 0 saturated carbocycles. The zero-order valence-corrected chi connectivity index (χ0v) is 31.3. The van der Waals surface area contributed by atoms with E-state index in [0.29, 0.717) is 36.4 Å². The maximum atomic E-state index is 14.4. The Morgan fingerprint density at radius 3 is 1.43 bits per heavy atom. The van der Waals surface area contributed by atoms with E-state index in [2.05, 4.69) is 0 Å². The summed E-state index contributed by atoms with van der Waals surface area (Å²) in [6, 6.07) is 8.18. The van der Waals surface area contributed by atoms with Gasteiger partial charge in [0.2, 0.25) is 23.9 Å². The van der Waals surface area contributed by atoms with Gasteiger partial charge in [0.25, 0.3) is 0 Å². The number of hydrogen-bond donors (Lipinski definition) is 13. The molecule has 5 atom stereocenters. The molecule has 2 aliphatic heterocycles. The van der Waals surface area contributed by atoms with E-state index < -0.39 is 164 Å². The molecular weight excluding hydrogens is 848 g/mol. The van der Waals surface area contributed by atoms with Gasteiger partial charge in [0, 0.05) is 11.1 Å². The molecule has 0 unspecified atom stereocenters. The molecule has 0 aliphatic carbocycles. The second-order valence-corrected chi connectivity index (χ2v) is 13.6. The predicted octanol–water partition coefficient (Wildman–Crippen LogP) is 2.48. The molecule has 2 heterocycles. The van der Waals surface area contributed by atoms with Crippen molar-refractivity contribution in [2.75, 3.05) is 6.61 Å². The van der Waals surface area contributed by atoms with Crippen LogP contribution < -0.4 is 4.74 Å². The van der Waals surface area contributed by atoms with Crippen molar-refractivity contribution in [3.63, 3.8) is 0 Å². The van der Waals surface area contributed by atoms with Gasteiger partial charge in [-0.05, 0) is 60.7 Å². The van der Waals surface area contributed by atoms with Gasteiger partial charge in [-0.1, -0.05) is 0 Å². The number of hydrogen-bond acceptors (Lipinski definition) is 23. The zero-order valence-electron chi connectivity index (χ0n) is 31.3. The second kappa shape index (κ2) is 16.0. The Labute approximate surface area is 349 Å². The summed E-state index contributed by atoms with van der Waals surface area (Å²) in [4.78, 5) is 55.9. The molecule has 1 fully saturated rings. The number of fused-ring (bicyclic) bond motifs is 4. The lowest BCUT2D eigenvalue weighted by molar-refractivity contribution is -0.275. The molecule has 0 spiro atoms. The number of carbonyl (C=O) groups is 4. The van der Waals surface area contributed by atoms with Crippen LogP contribution in [0.15, 0.2) is 60.7 Å². The van der Waals surface area contributed by atoms with E-state index in [-0.39, 0.29) is 11.5 Å². The van der Waals surface area contributed by atoms with Crippen LogP contribution in [0.25, 0.3) is 11.1 Å². The summed E-state index contributed by atoms with van der Waals surface area (Å²) >= 11 is 0. The first-order chi connectivity index (χ1) is 29.7. The molecule has 1 saturated heterocycles. The molecule has 0 aromatic heterocycles. The standard InChI is InChI=1S/C40H30O23/c41-14-1-3-15(4-2-14)59-40-35(63-37(55)13-7-20(44)28(49)21(45)8-13)34(62-36(54)12-5-18(42)27(48)19(43)6-12)33-24(60-40)11-58-38(56)16-9-22(46)29(50)31(52)25(16)26-17(39(57)61-33)10-23(47)30(51)32(26)53/h1-10,24,33-35,40-53H,11H2/t24-,33-,34+,35-,40-/m1/s1. The van der Waals surface area contributed by atoms with Gasteiger partial charge in [0.1, 0.15) is 24.2 Å². The van der Waals surface area contributed by atoms with Crippen LogP contribution in [0.3, 0.4) is 0 Å². The number of aromatic hydroxyl groups is 13. The fraction of sp³-hybridized carbons (Fsp3) is 0.150. The van der Waals surface area contributed by atoms with Crippen LogP contribution in [0, 0.1) is 0 Å². The maximum Gasteiger partial charge on any atom is 0.339 e. The number of phenols is 13. The Kier molecular flexibility index (Phi) is 10.7. The highest BCUT2D eigenvalue weighted by molar-refractivity contribution is 6.08. The monoisotopic (exact) mass is 878 g/mol. The van der Waals surface area contributed by atoms with Crippen molar-refractivity contribution in [1.82, 2.24) is 0 Å². The minimum Gasteiger partial charge on any atom is -0.508 e. The van der Waals surface area contributed by atoms with Crippen molar-refractivity contribution in [2.24, 2.45) is 0 Å². The molecule has 7 rings (SSSR count). The Bertz CT molecular complexity index is 2660. The summed E-state index contributed by atoms with van der Waals surface area (Å²) in [7, 11) is 0. The van der Waals surface area contributed by atoms with Crippen molar-refractivity contribution in [3.05, 3.63) is 82.9 Å². The van der Waals surface area contributed by atoms with E-state index in [1.807, 2.05) is 0 Å². The highest BCUT2D eigenvalue weighted by atomic mass is 16.7. The lowest BCUT2D eigenvalue weighted by Gasteiger charge is -2.44. The van der Waals surface area contributed by atoms with Gasteiger partial charge in [-0.25, -0.2) is 19.2 Å². The van der Waals surface area contributed by atoms with Crippen LogP contribution in [-0.2, 0) is 23.7 Å². The third-order valence-electron chi connectivity index (χ3n) is 9.60. The van der Waals surface area contributed by atoms with Crippen molar-refractivity contribution >= 4 is 23.9 Å². The van der Waals surface area contributed by atoms with Crippen LogP contribution in [0.4, 0.5) is 0 Å². The number of ether oxygens (including phenoxy) is 6. The topological polar surface area (TPSA) is 387 Å². The molecule has 0 bridgehead atoms. The van der Waals surface area contributed by atoms with Crippen LogP contribution in [0.2, 0.25) is 0 Å². The minimum absolute atomic E-state index is 0.166. The highest BCUT2D eigenvalue weighted by Gasteiger charge is 2.55. The van der Waals surface area contributed by atoms with Crippen molar-refractivity contribution in [2.45, 2.75) is 30.7 Å². The van der Waals surface area contributed by atoms with Gasteiger partial charge < -0.3 is 94.8 Å². The second-order valence-electron chi connectivity index (χ2n) is 13.6. The van der Waals surface area contributed by atoms with Crippen LogP contribution in [0.1, 0.15) is 41.4 Å². The third-order valence-corrected chi connectivity index (χ3v) is 9.60. The first kappa shape index (κ1) is 42.3. The van der Waals surface area contributed by atoms with Gasteiger partial charge >= 0.3 is 23.9 Å². The predicted molar refractivity (Wildman–Crippen MR) is 200 cm³/mol. The first-order valence-corrected chi connectivity index (χ1v) is 17.7. The Morgan fingerprint density at radius 2 is 0.952 bits per heavy atom. The minimum atomic E-state index is -2.30. The summed E-state index contributed by atoms with van der Waals surface area (Å²) < 4.78 is 34.5. The fourth-order valence-electron chi connectivity index (χ4n) is 6.54. The lowest BCUT2D eigenvalue weighted by Crippen LogP contribution is -2.63. The number of benzene rings is 5. The van der Waals surface area contributed by atoms with Crippen molar-refractivity contribution in [1.29, 1.82) is 0 Å². The average molecular weight is 879 g/mol. The Hall–Kier alpha value is -8.86. The van der Waals surface area contributed by atoms with E-state index in [9.17, 15) is 85.6 Å². The number of esters is 4. The molecule has 23 heteroatoms. The Morgan fingerprint density at radius 1 is 0.524 bits per heavy atom.